The fourth-order valence-corrected chi connectivity index (χ4v) is 2.19. The van der Waals surface area contributed by atoms with Gasteiger partial charge in [0.25, 0.3) is 13.0 Å². The van der Waals surface area contributed by atoms with Gasteiger partial charge in [-0.2, -0.15) is 0 Å². The first kappa shape index (κ1) is 21.0. The molecule has 2 rings (SSSR count). The molecule has 2 saturated heterocycles. The average molecular weight is 378 g/mol. The lowest BCUT2D eigenvalue weighted by molar-refractivity contribution is -0.237. The van der Waals surface area contributed by atoms with E-state index in [1.165, 1.54) is 0 Å². The quantitative estimate of drug-likeness (QED) is 0.467. The van der Waals surface area contributed by atoms with Crippen molar-refractivity contribution in [2.45, 2.75) is 51.8 Å². The minimum atomic E-state index is -0.720. The van der Waals surface area contributed by atoms with Crippen molar-refractivity contribution in [2.75, 3.05) is 39.6 Å². The molecule has 0 aliphatic carbocycles. The van der Waals surface area contributed by atoms with Gasteiger partial charge < -0.3 is 37.9 Å². The summed E-state index contributed by atoms with van der Waals surface area (Å²) in [4.78, 5) is 23.3. The number of ether oxygens (including phenoxy) is 8. The van der Waals surface area contributed by atoms with Crippen LogP contribution in [0.3, 0.4) is 0 Å². The van der Waals surface area contributed by atoms with Gasteiger partial charge in [0, 0.05) is 13.2 Å². The zero-order valence-corrected chi connectivity index (χ0v) is 15.0. The van der Waals surface area contributed by atoms with E-state index in [9.17, 15) is 9.59 Å². The number of carbonyl (C=O) groups is 2. The highest BCUT2D eigenvalue weighted by atomic mass is 16.9. The Balaban J connectivity index is 1.50. The predicted octanol–water partition coefficient (Wildman–Crippen LogP) is 0.324. The molecule has 0 spiro atoms. The van der Waals surface area contributed by atoms with E-state index < -0.39 is 24.9 Å². The van der Waals surface area contributed by atoms with Crippen LogP contribution in [0.5, 0.6) is 0 Å². The molecular formula is C16H26O10. The van der Waals surface area contributed by atoms with Crippen LogP contribution < -0.4 is 0 Å². The zero-order chi connectivity index (χ0) is 18.8. The molecule has 150 valence electrons. The SMILES string of the molecule is CCOC1OCC(COC(=O)CCC(=O)OCC2COC(OCC)O2)O1. The standard InChI is InChI=1S/C16H26O10/c1-3-19-15-23-9-11(25-15)7-21-13(17)5-6-14(18)22-8-12-10-24-16(26-12)20-4-2/h11-12,15-16H,3-10H2,1-2H3. The minimum absolute atomic E-state index is 0.0452. The smallest absolute Gasteiger partial charge is 0.306 e. The highest BCUT2D eigenvalue weighted by Gasteiger charge is 2.28. The van der Waals surface area contributed by atoms with Gasteiger partial charge in [0.15, 0.2) is 0 Å². The van der Waals surface area contributed by atoms with E-state index in [2.05, 4.69) is 0 Å². The van der Waals surface area contributed by atoms with Crippen molar-refractivity contribution in [3.05, 3.63) is 0 Å². The Bertz CT molecular complexity index is 403. The molecule has 4 unspecified atom stereocenters. The number of carbonyl (C=O) groups excluding carboxylic acids is 2. The molecule has 2 aliphatic rings. The summed E-state index contributed by atoms with van der Waals surface area (Å²) in [7, 11) is 0. The average Bonchev–Trinajstić information content (AvgIpc) is 3.26. The van der Waals surface area contributed by atoms with Crippen LogP contribution in [0, 0.1) is 0 Å². The molecule has 0 saturated carbocycles. The highest BCUT2D eigenvalue weighted by Crippen LogP contribution is 2.14. The Labute approximate surface area is 151 Å². The molecule has 0 radical (unpaired) electrons. The Morgan fingerprint density at radius 1 is 0.808 bits per heavy atom. The summed E-state index contributed by atoms with van der Waals surface area (Å²) in [6.45, 7) is 3.79. The molecule has 0 bridgehead atoms. The number of hydrogen-bond acceptors (Lipinski definition) is 10. The van der Waals surface area contributed by atoms with Crippen molar-refractivity contribution in [2.24, 2.45) is 0 Å². The molecule has 0 aromatic heterocycles. The van der Waals surface area contributed by atoms with Gasteiger partial charge in [0.1, 0.15) is 25.4 Å². The largest absolute Gasteiger partial charge is 0.463 e. The van der Waals surface area contributed by atoms with E-state index in [0.717, 1.165) is 0 Å². The molecule has 0 amide bonds. The summed E-state index contributed by atoms with van der Waals surface area (Å²) < 4.78 is 41.5. The van der Waals surface area contributed by atoms with Gasteiger partial charge in [-0.05, 0) is 13.8 Å². The van der Waals surface area contributed by atoms with E-state index >= 15 is 0 Å². The molecule has 2 fully saturated rings. The first-order valence-corrected chi connectivity index (χ1v) is 8.69. The summed E-state index contributed by atoms with van der Waals surface area (Å²) in [6.07, 6.45) is -0.906. The monoisotopic (exact) mass is 378 g/mol. The van der Waals surface area contributed by atoms with Crippen LogP contribution in [0.15, 0.2) is 0 Å². The van der Waals surface area contributed by atoms with Gasteiger partial charge in [0.2, 0.25) is 0 Å². The van der Waals surface area contributed by atoms with Crippen molar-refractivity contribution in [1.82, 2.24) is 0 Å². The van der Waals surface area contributed by atoms with Crippen molar-refractivity contribution >= 4 is 11.9 Å². The summed E-state index contributed by atoms with van der Waals surface area (Å²) in [5.41, 5.74) is 0. The normalized spacial score (nSPS) is 28.2. The lowest BCUT2D eigenvalue weighted by Crippen LogP contribution is -2.24. The number of hydrogen-bond donors (Lipinski definition) is 0. The van der Waals surface area contributed by atoms with Crippen molar-refractivity contribution < 1.29 is 47.5 Å². The first-order valence-electron chi connectivity index (χ1n) is 8.69. The molecule has 0 aromatic carbocycles. The van der Waals surface area contributed by atoms with Gasteiger partial charge >= 0.3 is 11.9 Å². The van der Waals surface area contributed by atoms with Gasteiger partial charge in [-0.3, -0.25) is 9.59 Å². The van der Waals surface area contributed by atoms with Gasteiger partial charge in [-0.1, -0.05) is 0 Å². The zero-order valence-electron chi connectivity index (χ0n) is 15.0. The third-order valence-electron chi connectivity index (χ3n) is 3.44. The summed E-state index contributed by atoms with van der Waals surface area (Å²) >= 11 is 0. The summed E-state index contributed by atoms with van der Waals surface area (Å²) in [5, 5.41) is 0. The fourth-order valence-electron chi connectivity index (χ4n) is 2.19. The van der Waals surface area contributed by atoms with E-state index in [4.69, 9.17) is 37.9 Å². The Morgan fingerprint density at radius 2 is 1.23 bits per heavy atom. The third kappa shape index (κ3) is 7.52. The van der Waals surface area contributed by atoms with E-state index in [-0.39, 0.29) is 51.5 Å². The highest BCUT2D eigenvalue weighted by molar-refractivity contribution is 5.77. The number of esters is 2. The fraction of sp³-hybridized carbons (Fsp3) is 0.875. The van der Waals surface area contributed by atoms with Crippen LogP contribution in [0.1, 0.15) is 26.7 Å². The molecule has 10 nitrogen and oxygen atoms in total. The Kier molecular flexibility index (Phi) is 9.23. The molecule has 2 heterocycles. The van der Waals surface area contributed by atoms with Crippen LogP contribution in [0.4, 0.5) is 0 Å². The van der Waals surface area contributed by atoms with Crippen LogP contribution >= 0.6 is 0 Å². The van der Waals surface area contributed by atoms with Crippen LogP contribution in [-0.2, 0) is 47.5 Å². The van der Waals surface area contributed by atoms with Crippen molar-refractivity contribution in [3.63, 3.8) is 0 Å². The second-order valence-electron chi connectivity index (χ2n) is 5.54. The molecule has 4 atom stereocenters. The molecule has 2 aliphatic heterocycles. The second kappa shape index (κ2) is 11.4. The first-order chi connectivity index (χ1) is 12.6. The topological polar surface area (TPSA) is 108 Å². The maximum Gasteiger partial charge on any atom is 0.306 e. The van der Waals surface area contributed by atoms with Gasteiger partial charge in [-0.15, -0.1) is 0 Å². The maximum atomic E-state index is 11.7. The second-order valence-corrected chi connectivity index (χ2v) is 5.54. The molecule has 0 N–H and O–H groups in total. The van der Waals surface area contributed by atoms with Gasteiger partial charge in [-0.25, -0.2) is 0 Å². The predicted molar refractivity (Wildman–Crippen MR) is 83.6 cm³/mol. The van der Waals surface area contributed by atoms with E-state index in [1.54, 1.807) is 0 Å². The Hall–Kier alpha value is -1.30. The summed E-state index contributed by atoms with van der Waals surface area (Å²) in [5.74, 6) is -1.02. The van der Waals surface area contributed by atoms with E-state index in [0.29, 0.717) is 13.2 Å². The lowest BCUT2D eigenvalue weighted by Gasteiger charge is -2.12. The molecule has 10 heteroatoms. The third-order valence-corrected chi connectivity index (χ3v) is 3.44. The number of rotatable bonds is 11. The molecular weight excluding hydrogens is 352 g/mol. The van der Waals surface area contributed by atoms with Crippen LogP contribution in [0.25, 0.3) is 0 Å². The molecule has 26 heavy (non-hydrogen) atoms. The van der Waals surface area contributed by atoms with Gasteiger partial charge in [0.05, 0.1) is 26.1 Å². The summed E-state index contributed by atoms with van der Waals surface area (Å²) in [6, 6.07) is 0. The Morgan fingerprint density at radius 3 is 1.62 bits per heavy atom. The maximum absolute atomic E-state index is 11.7. The molecule has 0 aromatic rings. The lowest BCUT2D eigenvalue weighted by atomic mass is 10.3. The van der Waals surface area contributed by atoms with Crippen molar-refractivity contribution in [3.8, 4) is 0 Å². The van der Waals surface area contributed by atoms with Crippen LogP contribution in [-0.4, -0.2) is 76.7 Å². The van der Waals surface area contributed by atoms with Crippen molar-refractivity contribution in [1.29, 1.82) is 0 Å². The van der Waals surface area contributed by atoms with Crippen LogP contribution in [0.2, 0.25) is 0 Å². The minimum Gasteiger partial charge on any atom is -0.463 e. The van der Waals surface area contributed by atoms with E-state index in [1.807, 2.05) is 13.8 Å².